The first-order valence-electron chi connectivity index (χ1n) is 9.84. The zero-order chi connectivity index (χ0) is 21.7. The summed E-state index contributed by atoms with van der Waals surface area (Å²) in [7, 11) is 1.55. The Morgan fingerprint density at radius 1 is 1.06 bits per heavy atom. The normalized spacial score (nSPS) is 16.6. The lowest BCUT2D eigenvalue weighted by Crippen LogP contribution is -2.39. The first-order chi connectivity index (χ1) is 15.6. The Bertz CT molecular complexity index is 1250. The third-order valence-corrected chi connectivity index (χ3v) is 5.24. The molecule has 2 aromatic heterocycles. The van der Waals surface area contributed by atoms with Gasteiger partial charge in [-0.3, -0.25) is 4.79 Å². The van der Waals surface area contributed by atoms with E-state index in [9.17, 15) is 4.79 Å². The van der Waals surface area contributed by atoms with Crippen LogP contribution in [-0.4, -0.2) is 45.3 Å². The van der Waals surface area contributed by atoms with Gasteiger partial charge in [0.25, 0.3) is 5.91 Å². The Morgan fingerprint density at radius 3 is 2.72 bits per heavy atom. The molecule has 6 rings (SSSR count). The van der Waals surface area contributed by atoms with Crippen molar-refractivity contribution in [3.63, 3.8) is 0 Å². The quantitative estimate of drug-likeness (QED) is 0.543. The van der Waals surface area contributed by atoms with E-state index in [1.165, 1.54) is 6.33 Å². The van der Waals surface area contributed by atoms with Crippen molar-refractivity contribution in [2.75, 3.05) is 29.9 Å². The maximum Gasteiger partial charge on any atom is 0.269 e. The highest BCUT2D eigenvalue weighted by Crippen LogP contribution is 2.46. The first-order valence-corrected chi connectivity index (χ1v) is 9.84. The lowest BCUT2D eigenvalue weighted by Gasteiger charge is -2.25. The molecule has 12 nitrogen and oxygen atoms in total. The second kappa shape index (κ2) is 6.83. The Balaban J connectivity index is 1.21. The maximum absolute atomic E-state index is 12.2. The van der Waals surface area contributed by atoms with Gasteiger partial charge in [-0.2, -0.15) is 4.98 Å². The van der Waals surface area contributed by atoms with Crippen LogP contribution in [-0.2, 0) is 4.79 Å². The highest BCUT2D eigenvalue weighted by molar-refractivity contribution is 6.02. The summed E-state index contributed by atoms with van der Waals surface area (Å²) in [6, 6.07) is 7.00. The molecule has 3 aromatic rings. The molecular formula is C20H17N7O5. The number of pyridine rings is 1. The Hall–Kier alpha value is -4.35. The molecule has 3 N–H and O–H groups in total. The van der Waals surface area contributed by atoms with Gasteiger partial charge in [0.05, 0.1) is 7.11 Å². The van der Waals surface area contributed by atoms with Crippen LogP contribution in [0.5, 0.6) is 23.0 Å². The number of anilines is 5. The van der Waals surface area contributed by atoms with Crippen LogP contribution in [0.25, 0.3) is 0 Å². The third-order valence-electron chi connectivity index (χ3n) is 5.24. The summed E-state index contributed by atoms with van der Waals surface area (Å²) in [5.41, 5.74) is -0.0560. The average Bonchev–Trinajstić information content (AvgIpc) is 3.40. The fourth-order valence-corrected chi connectivity index (χ4v) is 3.47. The van der Waals surface area contributed by atoms with E-state index in [0.29, 0.717) is 59.1 Å². The van der Waals surface area contributed by atoms with Gasteiger partial charge in [0.15, 0.2) is 28.7 Å². The van der Waals surface area contributed by atoms with Crippen molar-refractivity contribution in [1.29, 1.82) is 0 Å². The molecule has 1 saturated carbocycles. The molecule has 2 aliphatic heterocycles. The van der Waals surface area contributed by atoms with Gasteiger partial charge in [0.1, 0.15) is 12.1 Å². The maximum atomic E-state index is 12.2. The molecule has 0 unspecified atom stereocenters. The number of carbonyl (C=O) groups excluding carboxylic acids is 1. The second-order valence-electron chi connectivity index (χ2n) is 7.39. The minimum absolute atomic E-state index is 0.134. The molecule has 4 heterocycles. The first kappa shape index (κ1) is 18.4. The van der Waals surface area contributed by atoms with E-state index in [1.807, 2.05) is 0 Å². The van der Waals surface area contributed by atoms with Gasteiger partial charge in [-0.1, -0.05) is 0 Å². The van der Waals surface area contributed by atoms with Crippen molar-refractivity contribution in [2.24, 2.45) is 0 Å². The number of benzene rings is 1. The minimum Gasteiger partial charge on any atom is -0.493 e. The molecular weight excluding hydrogens is 418 g/mol. The monoisotopic (exact) mass is 435 g/mol. The summed E-state index contributed by atoms with van der Waals surface area (Å²) >= 11 is 0. The lowest BCUT2D eigenvalue weighted by molar-refractivity contribution is -0.125. The molecule has 1 fully saturated rings. The SMILES string of the molecule is COc1cc(Nc2ncnc(Nc3ccc4c(n3)NC(=O)C3(CC3)O4)n2)cc2c1OCO2. The minimum atomic E-state index is -0.712. The van der Waals surface area contributed by atoms with Crippen molar-refractivity contribution >= 4 is 35.1 Å². The summed E-state index contributed by atoms with van der Waals surface area (Å²) in [4.78, 5) is 29.2. The lowest BCUT2D eigenvalue weighted by atomic mass is 10.2. The topological polar surface area (TPSA) is 142 Å². The third kappa shape index (κ3) is 3.12. The van der Waals surface area contributed by atoms with E-state index in [4.69, 9.17) is 18.9 Å². The zero-order valence-corrected chi connectivity index (χ0v) is 16.8. The highest BCUT2D eigenvalue weighted by atomic mass is 16.7. The van der Waals surface area contributed by atoms with E-state index in [0.717, 1.165) is 0 Å². The molecule has 0 radical (unpaired) electrons. The number of nitrogens with zero attached hydrogens (tertiary/aromatic N) is 4. The smallest absolute Gasteiger partial charge is 0.269 e. The largest absolute Gasteiger partial charge is 0.493 e. The van der Waals surface area contributed by atoms with E-state index in [1.54, 1.807) is 31.4 Å². The van der Waals surface area contributed by atoms with Gasteiger partial charge in [0.2, 0.25) is 24.4 Å². The fraction of sp³-hybridized carbons (Fsp3) is 0.250. The molecule has 3 aliphatic rings. The molecule has 1 aromatic carbocycles. The summed E-state index contributed by atoms with van der Waals surface area (Å²) in [5.74, 6) is 3.40. The molecule has 1 amide bonds. The van der Waals surface area contributed by atoms with Crippen LogP contribution in [0.15, 0.2) is 30.6 Å². The van der Waals surface area contributed by atoms with Gasteiger partial charge in [-0.05, 0) is 12.1 Å². The van der Waals surface area contributed by atoms with Crippen LogP contribution in [0.3, 0.4) is 0 Å². The number of hydrogen-bond donors (Lipinski definition) is 3. The number of fused-ring (bicyclic) bond motifs is 2. The van der Waals surface area contributed by atoms with Gasteiger partial charge in [0, 0.05) is 30.7 Å². The summed E-state index contributed by atoms with van der Waals surface area (Å²) in [6.07, 6.45) is 2.80. The number of amides is 1. The van der Waals surface area contributed by atoms with E-state index >= 15 is 0 Å². The van der Waals surface area contributed by atoms with Crippen molar-refractivity contribution < 1.29 is 23.7 Å². The summed E-state index contributed by atoms with van der Waals surface area (Å²) in [6.45, 7) is 0.134. The van der Waals surface area contributed by atoms with Gasteiger partial charge < -0.3 is 34.9 Å². The van der Waals surface area contributed by atoms with E-state index in [-0.39, 0.29) is 18.6 Å². The Morgan fingerprint density at radius 2 is 1.91 bits per heavy atom. The fourth-order valence-electron chi connectivity index (χ4n) is 3.47. The van der Waals surface area contributed by atoms with Crippen LogP contribution < -0.4 is 34.9 Å². The molecule has 0 saturated heterocycles. The van der Waals surface area contributed by atoms with Gasteiger partial charge in [-0.15, -0.1) is 0 Å². The summed E-state index contributed by atoms with van der Waals surface area (Å²) in [5, 5.41) is 8.90. The molecule has 1 spiro atoms. The number of nitrogens with one attached hydrogen (secondary N) is 3. The molecule has 0 atom stereocenters. The molecule has 1 aliphatic carbocycles. The van der Waals surface area contributed by atoms with Gasteiger partial charge in [-0.25, -0.2) is 15.0 Å². The van der Waals surface area contributed by atoms with Crippen LogP contribution in [0.4, 0.5) is 29.2 Å². The molecule has 0 bridgehead atoms. The van der Waals surface area contributed by atoms with Gasteiger partial charge >= 0.3 is 0 Å². The van der Waals surface area contributed by atoms with Crippen LogP contribution in [0, 0.1) is 0 Å². The average molecular weight is 435 g/mol. The van der Waals surface area contributed by atoms with E-state index < -0.39 is 5.60 Å². The predicted molar refractivity (Wildman–Crippen MR) is 111 cm³/mol. The molecule has 32 heavy (non-hydrogen) atoms. The van der Waals surface area contributed by atoms with Crippen molar-refractivity contribution in [2.45, 2.75) is 18.4 Å². The zero-order valence-electron chi connectivity index (χ0n) is 16.8. The van der Waals surface area contributed by atoms with E-state index in [2.05, 4.69) is 35.9 Å². The number of carbonyl (C=O) groups is 1. The predicted octanol–water partition coefficient (Wildman–Crippen LogP) is 2.35. The number of hydrogen-bond acceptors (Lipinski definition) is 11. The number of ether oxygens (including phenoxy) is 4. The van der Waals surface area contributed by atoms with Crippen molar-refractivity contribution in [1.82, 2.24) is 19.9 Å². The van der Waals surface area contributed by atoms with Crippen molar-refractivity contribution in [3.8, 4) is 23.0 Å². The second-order valence-corrected chi connectivity index (χ2v) is 7.39. The highest BCUT2D eigenvalue weighted by Gasteiger charge is 2.55. The summed E-state index contributed by atoms with van der Waals surface area (Å²) < 4.78 is 22.0. The van der Waals surface area contributed by atoms with Crippen LogP contribution >= 0.6 is 0 Å². The Labute approximate surface area is 181 Å². The van der Waals surface area contributed by atoms with Crippen LogP contribution in [0.2, 0.25) is 0 Å². The number of rotatable bonds is 5. The van der Waals surface area contributed by atoms with Crippen molar-refractivity contribution in [3.05, 3.63) is 30.6 Å². The van der Waals surface area contributed by atoms with Crippen LogP contribution in [0.1, 0.15) is 12.8 Å². The Kier molecular flexibility index (Phi) is 3.93. The number of aromatic nitrogens is 4. The molecule has 12 heteroatoms. The number of methoxy groups -OCH3 is 1. The molecule has 162 valence electrons. The standard InChI is InChI=1S/C20H17N7O5/c1-29-12-6-10(7-13-15(12)31-9-30-13)23-18-21-8-22-19(27-18)25-14-3-2-11-16(24-14)26-17(28)20(32-11)4-5-20/h2-3,6-8H,4-5,9H2,1H3,(H3,21,22,23,24,25,26,27,28).